The molecule has 0 amide bonds. The van der Waals surface area contributed by atoms with Crippen LogP contribution in [0.25, 0.3) is 0 Å². The maximum absolute atomic E-state index is 12.6. The molecule has 1 fully saturated rings. The van der Waals surface area contributed by atoms with Crippen LogP contribution in [-0.2, 0) is 20.3 Å². The highest BCUT2D eigenvalue weighted by Gasteiger charge is 2.26. The molecule has 0 N–H and O–H groups in total. The van der Waals surface area contributed by atoms with Crippen molar-refractivity contribution in [2.24, 2.45) is 5.92 Å². The van der Waals surface area contributed by atoms with Gasteiger partial charge in [0.05, 0.1) is 17.1 Å². The predicted octanol–water partition coefficient (Wildman–Crippen LogP) is 5.35. The second-order valence-electron chi connectivity index (χ2n) is 7.96. The average Bonchev–Trinajstić information content (AvgIpc) is 2.77. The molecule has 0 aliphatic heterocycles. The van der Waals surface area contributed by atoms with E-state index in [0.29, 0.717) is 17.9 Å². The van der Waals surface area contributed by atoms with Gasteiger partial charge in [0.15, 0.2) is 9.84 Å². The number of esters is 1. The first-order chi connectivity index (χ1) is 14.5. The Morgan fingerprint density at radius 2 is 1.57 bits per heavy atom. The summed E-state index contributed by atoms with van der Waals surface area (Å²) in [6, 6.07) is 18.2. The van der Waals surface area contributed by atoms with Crippen molar-refractivity contribution in [3.8, 4) is 0 Å². The van der Waals surface area contributed by atoms with Gasteiger partial charge in [-0.2, -0.15) is 0 Å². The normalized spacial score (nSPS) is 16.4. The topological polar surface area (TPSA) is 60.4 Å². The van der Waals surface area contributed by atoms with E-state index >= 15 is 0 Å². The molecule has 0 aromatic heterocycles. The molecule has 0 heterocycles. The first-order valence-electron chi connectivity index (χ1n) is 10.7. The molecule has 2 aromatic rings. The predicted molar refractivity (Wildman–Crippen MR) is 120 cm³/mol. The van der Waals surface area contributed by atoms with Crippen molar-refractivity contribution >= 4 is 15.8 Å². The van der Waals surface area contributed by atoms with Crippen LogP contribution < -0.4 is 0 Å². The van der Waals surface area contributed by atoms with E-state index in [1.54, 1.807) is 18.2 Å². The molecule has 0 bridgehead atoms. The zero-order chi connectivity index (χ0) is 21.2. The van der Waals surface area contributed by atoms with Crippen molar-refractivity contribution in [1.29, 1.82) is 0 Å². The van der Waals surface area contributed by atoms with Crippen molar-refractivity contribution < 1.29 is 17.9 Å². The molecular weight excluding hydrogens is 396 g/mol. The summed E-state index contributed by atoms with van der Waals surface area (Å²) >= 11 is 0. The van der Waals surface area contributed by atoms with Crippen LogP contribution in [0.1, 0.15) is 54.4 Å². The smallest absolute Gasteiger partial charge is 0.338 e. The van der Waals surface area contributed by atoms with Crippen LogP contribution in [0.2, 0.25) is 0 Å². The van der Waals surface area contributed by atoms with E-state index in [2.05, 4.69) is 0 Å². The van der Waals surface area contributed by atoms with E-state index in [1.165, 1.54) is 6.42 Å². The lowest BCUT2D eigenvalue weighted by atomic mass is 9.84. The van der Waals surface area contributed by atoms with E-state index in [1.807, 2.05) is 54.6 Å². The van der Waals surface area contributed by atoms with Gasteiger partial charge < -0.3 is 4.74 Å². The molecule has 30 heavy (non-hydrogen) atoms. The minimum atomic E-state index is -3.22. The molecule has 1 aliphatic rings. The van der Waals surface area contributed by atoms with Gasteiger partial charge in [0.25, 0.3) is 0 Å². The third kappa shape index (κ3) is 7.13. The second-order valence-corrected chi connectivity index (χ2v) is 10.1. The molecule has 4 nitrogen and oxygen atoms in total. The summed E-state index contributed by atoms with van der Waals surface area (Å²) in [7, 11) is -3.22. The lowest BCUT2D eigenvalue weighted by Crippen LogP contribution is -2.28. The highest BCUT2D eigenvalue weighted by Crippen LogP contribution is 2.30. The summed E-state index contributed by atoms with van der Waals surface area (Å²) in [6.45, 7) is 0. The Hall–Kier alpha value is -2.40. The molecule has 1 unspecified atom stereocenters. The Morgan fingerprint density at radius 1 is 0.933 bits per heavy atom. The number of carbonyl (C=O) groups excluding carboxylic acids is 1. The maximum atomic E-state index is 12.6. The van der Waals surface area contributed by atoms with Crippen molar-refractivity contribution in [3.05, 3.63) is 83.9 Å². The number of benzene rings is 2. The van der Waals surface area contributed by atoms with E-state index in [0.717, 1.165) is 31.2 Å². The molecule has 0 saturated heterocycles. The van der Waals surface area contributed by atoms with Gasteiger partial charge in [0.1, 0.15) is 6.10 Å². The van der Waals surface area contributed by atoms with E-state index < -0.39 is 9.84 Å². The summed E-state index contributed by atoms with van der Waals surface area (Å²) in [5, 5.41) is 0. The zero-order valence-electron chi connectivity index (χ0n) is 17.3. The van der Waals surface area contributed by atoms with Crippen molar-refractivity contribution in [2.75, 3.05) is 5.75 Å². The van der Waals surface area contributed by atoms with Crippen LogP contribution in [0.4, 0.5) is 0 Å². The Kier molecular flexibility index (Phi) is 8.26. The van der Waals surface area contributed by atoms with E-state index in [4.69, 9.17) is 4.74 Å². The number of hydrogen-bond donors (Lipinski definition) is 0. The Balaban J connectivity index is 1.59. The van der Waals surface area contributed by atoms with Crippen LogP contribution in [0.5, 0.6) is 0 Å². The highest BCUT2D eigenvalue weighted by atomic mass is 32.2. The Bertz CT molecular complexity index is 914. The minimum absolute atomic E-state index is 0.00802. The Morgan fingerprint density at radius 3 is 2.23 bits per heavy atom. The summed E-state index contributed by atoms with van der Waals surface area (Å²) in [4.78, 5) is 12.6. The van der Waals surface area contributed by atoms with Crippen LogP contribution in [-0.4, -0.2) is 26.2 Å². The fourth-order valence-corrected chi connectivity index (χ4v) is 5.20. The van der Waals surface area contributed by atoms with Crippen molar-refractivity contribution in [3.63, 3.8) is 0 Å². The van der Waals surface area contributed by atoms with Gasteiger partial charge in [-0.25, -0.2) is 13.2 Å². The van der Waals surface area contributed by atoms with E-state index in [-0.39, 0.29) is 23.6 Å². The van der Waals surface area contributed by atoms with Gasteiger partial charge in [0.2, 0.25) is 0 Å². The molecule has 0 spiro atoms. The summed E-state index contributed by atoms with van der Waals surface area (Å²) in [5.41, 5.74) is 1.34. The lowest BCUT2D eigenvalue weighted by Gasteiger charge is -2.29. The van der Waals surface area contributed by atoms with Crippen LogP contribution in [0.15, 0.2) is 72.8 Å². The van der Waals surface area contributed by atoms with E-state index in [9.17, 15) is 13.2 Å². The summed E-state index contributed by atoms with van der Waals surface area (Å²) in [6.07, 6.45) is 9.52. The molecule has 160 valence electrons. The first kappa shape index (κ1) is 22.3. The molecule has 1 saturated carbocycles. The largest absolute Gasteiger partial charge is 0.458 e. The lowest BCUT2D eigenvalue weighted by molar-refractivity contribution is 0.00877. The summed E-state index contributed by atoms with van der Waals surface area (Å²) in [5.74, 6) is 0.0485. The SMILES string of the molecule is O=C(OC(C/C=C/CS(=O)(=O)Cc1ccccc1)C1CCCCC1)c1ccccc1. The van der Waals surface area contributed by atoms with Gasteiger partial charge in [-0.1, -0.05) is 79.9 Å². The standard InChI is InChI=1S/C25H30O4S/c26-25(23-16-8-3-9-17-23)29-24(22-14-6-2-7-15-22)18-10-11-19-30(27,28)20-21-12-4-1-5-13-21/h1,3-5,8-13,16-17,22,24H,2,6-7,14-15,18-20H2/b11-10+. The van der Waals surface area contributed by atoms with Crippen LogP contribution >= 0.6 is 0 Å². The number of hydrogen-bond acceptors (Lipinski definition) is 4. The second kappa shape index (κ2) is 11.1. The molecule has 5 heteroatoms. The third-order valence-electron chi connectivity index (χ3n) is 5.56. The molecule has 3 rings (SSSR count). The van der Waals surface area contributed by atoms with Crippen LogP contribution in [0, 0.1) is 5.92 Å². The Labute approximate surface area is 179 Å². The van der Waals surface area contributed by atoms with Crippen molar-refractivity contribution in [2.45, 2.75) is 50.4 Å². The number of ether oxygens (including phenoxy) is 1. The maximum Gasteiger partial charge on any atom is 0.338 e. The van der Waals surface area contributed by atoms with Crippen molar-refractivity contribution in [1.82, 2.24) is 0 Å². The molecule has 1 atom stereocenters. The zero-order valence-corrected chi connectivity index (χ0v) is 18.1. The summed E-state index contributed by atoms with van der Waals surface area (Å²) < 4.78 is 30.6. The molecule has 2 aromatic carbocycles. The molecule has 1 aliphatic carbocycles. The van der Waals surface area contributed by atoms with Gasteiger partial charge in [-0.05, 0) is 36.5 Å². The van der Waals surface area contributed by atoms with Gasteiger partial charge in [-0.15, -0.1) is 0 Å². The minimum Gasteiger partial charge on any atom is -0.458 e. The van der Waals surface area contributed by atoms with Crippen LogP contribution in [0.3, 0.4) is 0 Å². The average molecular weight is 427 g/mol. The van der Waals surface area contributed by atoms with Gasteiger partial charge in [-0.3, -0.25) is 0 Å². The number of carbonyl (C=O) groups is 1. The number of rotatable bonds is 9. The van der Waals surface area contributed by atoms with Gasteiger partial charge >= 0.3 is 5.97 Å². The molecular formula is C25H30O4S. The first-order valence-corrected chi connectivity index (χ1v) is 12.5. The third-order valence-corrected chi connectivity index (χ3v) is 7.03. The number of sulfone groups is 1. The quantitative estimate of drug-likeness (QED) is 0.400. The monoisotopic (exact) mass is 426 g/mol. The molecule has 0 radical (unpaired) electrons. The fourth-order valence-electron chi connectivity index (χ4n) is 3.95. The van der Waals surface area contributed by atoms with Gasteiger partial charge in [0, 0.05) is 6.42 Å². The fraction of sp³-hybridized carbons (Fsp3) is 0.400. The highest BCUT2D eigenvalue weighted by molar-refractivity contribution is 7.90.